The van der Waals surface area contributed by atoms with E-state index in [1.807, 2.05) is 12.1 Å². The van der Waals surface area contributed by atoms with Crippen molar-refractivity contribution in [2.75, 3.05) is 19.6 Å². The summed E-state index contributed by atoms with van der Waals surface area (Å²) in [7, 11) is 0. The summed E-state index contributed by atoms with van der Waals surface area (Å²) in [5.74, 6) is 0.00756. The van der Waals surface area contributed by atoms with Crippen molar-refractivity contribution in [1.29, 1.82) is 0 Å². The number of likely N-dealkylation sites (tertiary alicyclic amines) is 1. The number of aliphatic hydroxyl groups excluding tert-OH is 1. The average molecular weight is 440 g/mol. The number of nitrogens with zero attached hydrogens (tertiary/aromatic N) is 3. The molecule has 1 saturated heterocycles. The molecule has 9 heteroatoms. The number of carbonyl (C=O) groups excluding carboxylic acids is 2. The van der Waals surface area contributed by atoms with Crippen molar-refractivity contribution < 1.29 is 19.4 Å². The number of aliphatic hydroxyl groups is 1. The quantitative estimate of drug-likeness (QED) is 0.606. The van der Waals surface area contributed by atoms with E-state index in [1.165, 1.54) is 17.3 Å². The molecule has 4 rings (SSSR count). The Bertz CT molecular complexity index is 961. The minimum absolute atomic E-state index is 0.0664. The van der Waals surface area contributed by atoms with Crippen molar-refractivity contribution >= 4 is 11.8 Å². The zero-order valence-electron chi connectivity index (χ0n) is 18.2. The van der Waals surface area contributed by atoms with Crippen LogP contribution in [0.5, 0.6) is 5.88 Å². The van der Waals surface area contributed by atoms with E-state index in [1.54, 1.807) is 17.9 Å². The molecule has 1 aromatic carbocycles. The van der Waals surface area contributed by atoms with Crippen LogP contribution in [0.25, 0.3) is 0 Å². The molecule has 0 bridgehead atoms. The molecule has 1 aromatic heterocycles. The monoisotopic (exact) mass is 439 g/mol. The Balaban J connectivity index is 1.27. The summed E-state index contributed by atoms with van der Waals surface area (Å²) >= 11 is 0. The summed E-state index contributed by atoms with van der Waals surface area (Å²) in [6.45, 7) is 3.68. The summed E-state index contributed by atoms with van der Waals surface area (Å²) in [6.07, 6.45) is 2.72. The molecule has 3 N–H and O–H groups in total. The molecular formula is C23H29N5O4. The van der Waals surface area contributed by atoms with Gasteiger partial charge < -0.3 is 25.4 Å². The minimum Gasteiger partial charge on any atom is -0.473 e. The van der Waals surface area contributed by atoms with Crippen LogP contribution in [0.3, 0.4) is 0 Å². The Labute approximate surface area is 187 Å². The first-order valence-electron chi connectivity index (χ1n) is 11.0. The fourth-order valence-corrected chi connectivity index (χ4v) is 4.18. The van der Waals surface area contributed by atoms with E-state index in [0.717, 1.165) is 0 Å². The van der Waals surface area contributed by atoms with E-state index >= 15 is 0 Å². The van der Waals surface area contributed by atoms with E-state index in [4.69, 9.17) is 4.74 Å². The van der Waals surface area contributed by atoms with E-state index in [2.05, 4.69) is 33.0 Å². The second-order valence-electron chi connectivity index (χ2n) is 8.34. The number of fused-ring (bicyclic) bond motifs is 1. The molecular weight excluding hydrogens is 410 g/mol. The van der Waals surface area contributed by atoms with Crippen LogP contribution in [-0.4, -0.2) is 69.9 Å². The fraction of sp³-hybridized carbons (Fsp3) is 0.478. The van der Waals surface area contributed by atoms with Crippen LogP contribution in [0.1, 0.15) is 41.3 Å². The maximum absolute atomic E-state index is 12.6. The largest absolute Gasteiger partial charge is 0.473 e. The highest BCUT2D eigenvalue weighted by atomic mass is 16.5. The number of amides is 2. The number of aromatic nitrogens is 2. The number of hydrogen-bond acceptors (Lipinski definition) is 7. The van der Waals surface area contributed by atoms with Gasteiger partial charge in [-0.05, 0) is 17.5 Å². The lowest BCUT2D eigenvalue weighted by atomic mass is 9.93. The van der Waals surface area contributed by atoms with Crippen molar-refractivity contribution in [3.05, 3.63) is 53.2 Å². The molecule has 1 unspecified atom stereocenters. The highest BCUT2D eigenvalue weighted by Crippen LogP contribution is 2.19. The zero-order chi connectivity index (χ0) is 22.5. The van der Waals surface area contributed by atoms with Crippen LogP contribution >= 0.6 is 0 Å². The van der Waals surface area contributed by atoms with Gasteiger partial charge in [0.15, 0.2) is 0 Å². The van der Waals surface area contributed by atoms with E-state index in [9.17, 15) is 14.7 Å². The van der Waals surface area contributed by atoms with Gasteiger partial charge in [0, 0.05) is 58.1 Å². The Morgan fingerprint density at radius 2 is 2.03 bits per heavy atom. The van der Waals surface area contributed by atoms with Gasteiger partial charge in [-0.2, -0.15) is 5.10 Å². The lowest BCUT2D eigenvalue weighted by molar-refractivity contribution is -0.130. The van der Waals surface area contributed by atoms with E-state index in [0.29, 0.717) is 44.5 Å². The molecule has 1 fully saturated rings. The van der Waals surface area contributed by atoms with Crippen LogP contribution in [0.15, 0.2) is 36.5 Å². The second kappa shape index (κ2) is 10.1. The molecule has 32 heavy (non-hydrogen) atoms. The molecule has 2 atom stereocenters. The smallest absolute Gasteiger partial charge is 0.253 e. The Morgan fingerprint density at radius 3 is 2.78 bits per heavy atom. The molecule has 9 nitrogen and oxygen atoms in total. The Hall–Kier alpha value is -3.04. The van der Waals surface area contributed by atoms with Gasteiger partial charge >= 0.3 is 0 Å². The van der Waals surface area contributed by atoms with Gasteiger partial charge in [0.2, 0.25) is 11.8 Å². The van der Waals surface area contributed by atoms with E-state index < -0.39 is 6.10 Å². The van der Waals surface area contributed by atoms with Crippen LogP contribution < -0.4 is 15.4 Å². The molecule has 2 aromatic rings. The molecule has 0 spiro atoms. The second-order valence-corrected chi connectivity index (χ2v) is 8.34. The van der Waals surface area contributed by atoms with Crippen molar-refractivity contribution in [3.8, 4) is 5.88 Å². The lowest BCUT2D eigenvalue weighted by Gasteiger charge is -2.31. The first-order chi connectivity index (χ1) is 15.5. The molecule has 170 valence electrons. The fourth-order valence-electron chi connectivity index (χ4n) is 4.18. The number of ether oxygens (including phenoxy) is 1. The van der Waals surface area contributed by atoms with Gasteiger partial charge in [0.1, 0.15) is 6.10 Å². The van der Waals surface area contributed by atoms with Gasteiger partial charge in [0.05, 0.1) is 17.9 Å². The van der Waals surface area contributed by atoms with Crippen LogP contribution in [0, 0.1) is 0 Å². The highest BCUT2D eigenvalue weighted by Gasteiger charge is 2.25. The van der Waals surface area contributed by atoms with Gasteiger partial charge in [-0.3, -0.25) is 9.59 Å². The number of hydrogen-bond donors (Lipinski definition) is 3. The van der Waals surface area contributed by atoms with Crippen LogP contribution in [0.4, 0.5) is 0 Å². The molecule has 0 radical (unpaired) electrons. The van der Waals surface area contributed by atoms with Gasteiger partial charge in [-0.25, -0.2) is 0 Å². The maximum atomic E-state index is 12.6. The average Bonchev–Trinajstić information content (AvgIpc) is 2.82. The lowest BCUT2D eigenvalue weighted by Crippen LogP contribution is -2.49. The van der Waals surface area contributed by atoms with Crippen LogP contribution in [0.2, 0.25) is 0 Å². The number of benzene rings is 1. The SMILES string of the molecule is CC(=O)N1CCC(Oc2cc(C(=O)NCC(O)[C@@H]3Cc4ccccc4CN3)cnn2)CC1. The van der Waals surface area contributed by atoms with Gasteiger partial charge in [-0.1, -0.05) is 24.3 Å². The maximum Gasteiger partial charge on any atom is 0.253 e. The first kappa shape index (κ1) is 22.2. The predicted molar refractivity (Wildman–Crippen MR) is 117 cm³/mol. The summed E-state index contributed by atoms with van der Waals surface area (Å²) in [5, 5.41) is 24.5. The molecule has 0 aliphatic carbocycles. The summed E-state index contributed by atoms with van der Waals surface area (Å²) < 4.78 is 5.88. The standard InChI is InChI=1S/C23H29N5O4/c1-15(29)28-8-6-19(7-9-28)32-22-11-18(13-26-27-22)23(31)25-14-21(30)20-10-16-4-2-3-5-17(16)12-24-20/h2-5,11,13,19-21,24,30H,6-10,12,14H2,1H3,(H,25,31)/t20-,21?/m0/s1. The summed E-state index contributed by atoms with van der Waals surface area (Å²) in [4.78, 5) is 25.8. The molecule has 2 aliphatic heterocycles. The predicted octanol–water partition coefficient (Wildman–Crippen LogP) is 0.672. The van der Waals surface area contributed by atoms with Crippen molar-refractivity contribution in [3.63, 3.8) is 0 Å². The third-order valence-corrected chi connectivity index (χ3v) is 6.12. The van der Waals surface area contributed by atoms with Gasteiger partial charge in [0.25, 0.3) is 5.91 Å². The van der Waals surface area contributed by atoms with E-state index in [-0.39, 0.29) is 36.4 Å². The zero-order valence-corrected chi connectivity index (χ0v) is 18.2. The molecule has 3 heterocycles. The third kappa shape index (κ3) is 5.41. The summed E-state index contributed by atoms with van der Waals surface area (Å²) in [5.41, 5.74) is 2.78. The van der Waals surface area contributed by atoms with Gasteiger partial charge in [-0.15, -0.1) is 5.10 Å². The van der Waals surface area contributed by atoms with Crippen molar-refractivity contribution in [2.24, 2.45) is 0 Å². The summed E-state index contributed by atoms with van der Waals surface area (Å²) in [6, 6.07) is 9.59. The molecule has 2 aliphatic rings. The van der Waals surface area contributed by atoms with Crippen LogP contribution in [-0.2, 0) is 17.8 Å². The topological polar surface area (TPSA) is 117 Å². The third-order valence-electron chi connectivity index (χ3n) is 6.12. The highest BCUT2D eigenvalue weighted by molar-refractivity contribution is 5.94. The number of carbonyl (C=O) groups is 2. The molecule has 2 amide bonds. The number of piperidine rings is 1. The Kier molecular flexibility index (Phi) is 6.96. The van der Waals surface area contributed by atoms with Crippen molar-refractivity contribution in [1.82, 2.24) is 25.7 Å². The first-order valence-corrected chi connectivity index (χ1v) is 11.0. The Morgan fingerprint density at radius 1 is 1.28 bits per heavy atom. The number of rotatable bonds is 6. The normalized spacial score (nSPS) is 19.7. The minimum atomic E-state index is -0.718. The number of nitrogens with one attached hydrogen (secondary N) is 2. The van der Waals surface area contributed by atoms with Crippen molar-refractivity contribution in [2.45, 2.75) is 51.0 Å². The molecule has 0 saturated carbocycles.